The number of fused-ring (bicyclic) bond motifs is 2. The van der Waals surface area contributed by atoms with Gasteiger partial charge in [0.05, 0.1) is 17.6 Å². The zero-order chi connectivity index (χ0) is 15.8. The molecule has 0 spiro atoms. The second-order valence-corrected chi connectivity index (χ2v) is 5.92. The maximum Gasteiger partial charge on any atom is 0.272 e. The fourth-order valence-electron chi connectivity index (χ4n) is 2.78. The molecule has 1 aromatic carbocycles. The van der Waals surface area contributed by atoms with Crippen LogP contribution in [0.4, 0.5) is 0 Å². The number of nitrogens with one attached hydrogen (secondary N) is 4. The van der Waals surface area contributed by atoms with Crippen molar-refractivity contribution in [3.8, 4) is 0 Å². The van der Waals surface area contributed by atoms with Gasteiger partial charge in [0.25, 0.3) is 5.91 Å². The first-order chi connectivity index (χ1) is 11.2. The SMILES string of the molecule is O=C(NCc1nc2ccc(Cl)cc2[nH]1)c1n[nH]c2c1CNCC2. The standard InChI is InChI=1S/C15H15ClN6O/c16-8-1-2-11-12(5-8)20-13(19-11)7-18-15(23)14-9-6-17-4-3-10(9)21-22-14/h1-2,5,17H,3-4,6-7H2,(H,18,23)(H,19,20)(H,21,22). The Hall–Kier alpha value is -2.38. The minimum atomic E-state index is -0.204. The Morgan fingerprint density at radius 3 is 3.22 bits per heavy atom. The molecule has 0 bridgehead atoms. The van der Waals surface area contributed by atoms with Crippen LogP contribution in [-0.2, 0) is 19.5 Å². The molecular formula is C15H15ClN6O. The molecular weight excluding hydrogens is 316 g/mol. The van der Waals surface area contributed by atoms with E-state index >= 15 is 0 Å². The third kappa shape index (κ3) is 2.69. The van der Waals surface area contributed by atoms with Gasteiger partial charge in [-0.25, -0.2) is 4.98 Å². The van der Waals surface area contributed by atoms with E-state index in [-0.39, 0.29) is 5.91 Å². The van der Waals surface area contributed by atoms with E-state index in [2.05, 4.69) is 30.8 Å². The van der Waals surface area contributed by atoms with E-state index < -0.39 is 0 Å². The molecule has 0 saturated carbocycles. The first-order valence-electron chi connectivity index (χ1n) is 7.40. The third-order valence-electron chi connectivity index (χ3n) is 3.93. The normalized spacial score (nSPS) is 14.0. The molecule has 0 radical (unpaired) electrons. The topological polar surface area (TPSA) is 98.5 Å². The highest BCUT2D eigenvalue weighted by atomic mass is 35.5. The van der Waals surface area contributed by atoms with Crippen molar-refractivity contribution in [1.82, 2.24) is 30.8 Å². The van der Waals surface area contributed by atoms with E-state index in [1.54, 1.807) is 6.07 Å². The summed E-state index contributed by atoms with van der Waals surface area (Å²) in [5, 5.41) is 13.8. The molecule has 0 saturated heterocycles. The number of H-pyrrole nitrogens is 2. The van der Waals surface area contributed by atoms with Crippen LogP contribution in [-0.4, -0.2) is 32.6 Å². The zero-order valence-corrected chi connectivity index (χ0v) is 13.0. The highest BCUT2D eigenvalue weighted by Crippen LogP contribution is 2.18. The first-order valence-corrected chi connectivity index (χ1v) is 7.77. The Morgan fingerprint density at radius 1 is 1.39 bits per heavy atom. The van der Waals surface area contributed by atoms with Crippen molar-refractivity contribution in [2.45, 2.75) is 19.5 Å². The van der Waals surface area contributed by atoms with Crippen LogP contribution in [0, 0.1) is 0 Å². The minimum Gasteiger partial charge on any atom is -0.343 e. The van der Waals surface area contributed by atoms with Gasteiger partial charge in [0, 0.05) is 35.8 Å². The number of aromatic amines is 2. The molecule has 1 aliphatic heterocycles. The lowest BCUT2D eigenvalue weighted by Gasteiger charge is -2.12. The van der Waals surface area contributed by atoms with Crippen LogP contribution in [0.5, 0.6) is 0 Å². The third-order valence-corrected chi connectivity index (χ3v) is 4.17. The molecule has 2 aromatic heterocycles. The number of imidazole rings is 1. The molecule has 4 N–H and O–H groups in total. The first kappa shape index (κ1) is 14.2. The quantitative estimate of drug-likeness (QED) is 0.585. The van der Waals surface area contributed by atoms with Gasteiger partial charge in [-0.3, -0.25) is 9.89 Å². The lowest BCUT2D eigenvalue weighted by molar-refractivity contribution is 0.0944. The number of hydrogen-bond acceptors (Lipinski definition) is 4. The van der Waals surface area contributed by atoms with E-state index in [4.69, 9.17) is 11.6 Å². The molecule has 7 nitrogen and oxygen atoms in total. The molecule has 0 unspecified atom stereocenters. The van der Waals surface area contributed by atoms with E-state index in [0.717, 1.165) is 35.3 Å². The van der Waals surface area contributed by atoms with Crippen LogP contribution < -0.4 is 10.6 Å². The molecule has 0 aliphatic carbocycles. The molecule has 23 heavy (non-hydrogen) atoms. The monoisotopic (exact) mass is 330 g/mol. The van der Waals surface area contributed by atoms with Crippen molar-refractivity contribution in [2.75, 3.05) is 6.54 Å². The Labute approximate surface area is 136 Å². The molecule has 8 heteroatoms. The van der Waals surface area contributed by atoms with Gasteiger partial charge in [0.1, 0.15) is 5.82 Å². The average Bonchev–Trinajstić information content (AvgIpc) is 3.15. The summed E-state index contributed by atoms with van der Waals surface area (Å²) in [6.07, 6.45) is 0.861. The summed E-state index contributed by atoms with van der Waals surface area (Å²) in [6, 6.07) is 5.44. The summed E-state index contributed by atoms with van der Waals surface area (Å²) in [6.45, 7) is 1.87. The van der Waals surface area contributed by atoms with Crippen molar-refractivity contribution in [2.24, 2.45) is 0 Å². The molecule has 0 fully saturated rings. The molecule has 3 heterocycles. The van der Waals surface area contributed by atoms with Crippen LogP contribution in [0.15, 0.2) is 18.2 Å². The molecule has 4 rings (SSSR count). The number of rotatable bonds is 3. The lowest BCUT2D eigenvalue weighted by Crippen LogP contribution is -2.28. The molecule has 118 valence electrons. The lowest BCUT2D eigenvalue weighted by atomic mass is 10.1. The number of hydrogen-bond donors (Lipinski definition) is 4. The number of carbonyl (C=O) groups excluding carboxylic acids is 1. The van der Waals surface area contributed by atoms with Crippen LogP contribution in [0.1, 0.15) is 27.6 Å². The zero-order valence-electron chi connectivity index (χ0n) is 12.2. The van der Waals surface area contributed by atoms with E-state index in [9.17, 15) is 4.79 Å². The van der Waals surface area contributed by atoms with Gasteiger partial charge >= 0.3 is 0 Å². The predicted molar refractivity (Wildman–Crippen MR) is 86.3 cm³/mol. The summed E-state index contributed by atoms with van der Waals surface area (Å²) in [7, 11) is 0. The summed E-state index contributed by atoms with van der Waals surface area (Å²) in [5.74, 6) is 0.475. The van der Waals surface area contributed by atoms with Crippen LogP contribution in [0.25, 0.3) is 11.0 Å². The second kappa shape index (κ2) is 5.68. The molecule has 1 amide bonds. The van der Waals surface area contributed by atoms with Crippen LogP contribution in [0.3, 0.4) is 0 Å². The van der Waals surface area contributed by atoms with Crippen molar-refractivity contribution in [3.05, 3.63) is 46.0 Å². The smallest absolute Gasteiger partial charge is 0.272 e. The summed E-state index contributed by atoms with van der Waals surface area (Å²) >= 11 is 5.96. The van der Waals surface area contributed by atoms with E-state index in [1.807, 2.05) is 12.1 Å². The highest BCUT2D eigenvalue weighted by molar-refractivity contribution is 6.31. The van der Waals surface area contributed by atoms with Gasteiger partial charge in [-0.05, 0) is 18.2 Å². The van der Waals surface area contributed by atoms with Gasteiger partial charge < -0.3 is 15.6 Å². The van der Waals surface area contributed by atoms with Gasteiger partial charge in [-0.15, -0.1) is 0 Å². The van der Waals surface area contributed by atoms with Crippen molar-refractivity contribution < 1.29 is 4.79 Å². The van der Waals surface area contributed by atoms with Crippen molar-refractivity contribution >= 4 is 28.5 Å². The Balaban J connectivity index is 1.49. The maximum absolute atomic E-state index is 12.3. The summed E-state index contributed by atoms with van der Waals surface area (Å²) in [5.41, 5.74) is 4.10. The van der Waals surface area contributed by atoms with Crippen LogP contribution in [0.2, 0.25) is 5.02 Å². The minimum absolute atomic E-state index is 0.204. The highest BCUT2D eigenvalue weighted by Gasteiger charge is 2.21. The Morgan fingerprint density at radius 2 is 2.30 bits per heavy atom. The Bertz CT molecular complexity index is 883. The fourth-order valence-corrected chi connectivity index (χ4v) is 2.95. The number of nitrogens with zero attached hydrogens (tertiary/aromatic N) is 2. The number of amides is 1. The van der Waals surface area contributed by atoms with Crippen molar-refractivity contribution in [3.63, 3.8) is 0 Å². The van der Waals surface area contributed by atoms with Gasteiger partial charge in [0.2, 0.25) is 0 Å². The number of aromatic nitrogens is 4. The fraction of sp³-hybridized carbons (Fsp3) is 0.267. The molecule has 1 aliphatic rings. The van der Waals surface area contributed by atoms with Gasteiger partial charge in [-0.1, -0.05) is 11.6 Å². The van der Waals surface area contributed by atoms with Crippen molar-refractivity contribution in [1.29, 1.82) is 0 Å². The van der Waals surface area contributed by atoms with E-state index in [1.165, 1.54) is 0 Å². The average molecular weight is 331 g/mol. The predicted octanol–water partition coefficient (Wildman–Crippen LogP) is 1.52. The van der Waals surface area contributed by atoms with E-state index in [0.29, 0.717) is 29.6 Å². The Kier molecular flexibility index (Phi) is 3.51. The molecule has 0 atom stereocenters. The number of halogens is 1. The summed E-state index contributed by atoms with van der Waals surface area (Å²) in [4.78, 5) is 19.9. The van der Waals surface area contributed by atoms with Gasteiger partial charge in [-0.2, -0.15) is 5.10 Å². The number of benzene rings is 1. The largest absolute Gasteiger partial charge is 0.343 e. The maximum atomic E-state index is 12.3. The molecule has 3 aromatic rings. The number of carbonyl (C=O) groups is 1. The summed E-state index contributed by atoms with van der Waals surface area (Å²) < 4.78 is 0. The van der Waals surface area contributed by atoms with Gasteiger partial charge in [0.15, 0.2) is 5.69 Å². The van der Waals surface area contributed by atoms with Crippen LogP contribution >= 0.6 is 11.6 Å². The second-order valence-electron chi connectivity index (χ2n) is 5.48.